The first-order valence-corrected chi connectivity index (χ1v) is 8.80. The Morgan fingerprint density at radius 3 is 2.19 bits per heavy atom. The van der Waals surface area contributed by atoms with Crippen LogP contribution >= 0.6 is 0 Å². The maximum Gasteiger partial charge on any atom is 0.252 e. The van der Waals surface area contributed by atoms with E-state index in [-0.39, 0.29) is 17.6 Å². The van der Waals surface area contributed by atoms with Crippen molar-refractivity contribution in [2.45, 2.75) is 13.3 Å². The van der Waals surface area contributed by atoms with Gasteiger partial charge >= 0.3 is 0 Å². The average Bonchev–Trinajstić information content (AvgIpc) is 2.71. The Kier molecular flexibility index (Phi) is 4.50. The molecule has 4 rings (SSSR count). The van der Waals surface area contributed by atoms with Gasteiger partial charge in [-0.1, -0.05) is 49.4 Å². The largest absolute Gasteiger partial charge is 0.272 e. The van der Waals surface area contributed by atoms with Gasteiger partial charge in [-0.15, -0.1) is 0 Å². The summed E-state index contributed by atoms with van der Waals surface area (Å²) < 4.78 is 13.1. The van der Waals surface area contributed by atoms with E-state index in [9.17, 15) is 9.18 Å². The number of hydrogen-bond donors (Lipinski definition) is 0. The lowest BCUT2D eigenvalue weighted by atomic mass is 9.95. The molecule has 134 valence electrons. The summed E-state index contributed by atoms with van der Waals surface area (Å²) in [4.78, 5) is 16.8. The maximum absolute atomic E-state index is 13.1. The van der Waals surface area contributed by atoms with Crippen molar-refractivity contribution in [2.24, 2.45) is 11.0 Å². The first-order chi connectivity index (χ1) is 13.1. The summed E-state index contributed by atoms with van der Waals surface area (Å²) in [6, 6.07) is 19.8. The van der Waals surface area contributed by atoms with Crippen molar-refractivity contribution in [2.75, 3.05) is 5.01 Å². The molecule has 1 amide bonds. The molecule has 0 fully saturated rings. The minimum Gasteiger partial charge on any atom is -0.272 e. The maximum atomic E-state index is 13.1. The van der Waals surface area contributed by atoms with E-state index in [2.05, 4.69) is 10.1 Å². The average molecular weight is 359 g/mol. The van der Waals surface area contributed by atoms with E-state index in [1.165, 1.54) is 17.1 Å². The minimum absolute atomic E-state index is 0.0552. The van der Waals surface area contributed by atoms with Crippen molar-refractivity contribution in [3.8, 4) is 11.1 Å². The van der Waals surface area contributed by atoms with Gasteiger partial charge in [0.2, 0.25) is 0 Å². The number of carbonyl (C=O) groups excluding carboxylic acids is 1. The Bertz CT molecular complexity index is 982. The molecule has 0 saturated carbocycles. The summed E-state index contributed by atoms with van der Waals surface area (Å²) >= 11 is 0. The van der Waals surface area contributed by atoms with Gasteiger partial charge in [0.05, 0.1) is 5.71 Å². The second kappa shape index (κ2) is 7.11. The molecule has 1 aromatic heterocycles. The van der Waals surface area contributed by atoms with Crippen LogP contribution in [0.15, 0.2) is 78.0 Å². The van der Waals surface area contributed by atoms with E-state index >= 15 is 0 Å². The summed E-state index contributed by atoms with van der Waals surface area (Å²) in [7, 11) is 0. The molecule has 0 N–H and O–H groups in total. The minimum atomic E-state index is -0.250. The Balaban J connectivity index is 1.65. The summed E-state index contributed by atoms with van der Waals surface area (Å²) in [6.45, 7) is 1.90. The molecule has 4 nitrogen and oxygen atoms in total. The third-order valence-corrected chi connectivity index (χ3v) is 4.61. The molecule has 1 aliphatic heterocycles. The molecule has 2 aromatic carbocycles. The summed E-state index contributed by atoms with van der Waals surface area (Å²) in [5.41, 5.74) is 3.76. The monoisotopic (exact) mass is 359 g/mol. The molecule has 1 aliphatic rings. The highest BCUT2D eigenvalue weighted by Crippen LogP contribution is 2.26. The standard InChI is InChI=1S/C22H18FN3O/c1-15-14-20(25-26(22(15)27)21-4-2-3-13-24-21)18-7-5-16(6-8-18)17-9-11-19(23)12-10-17/h2-13,15H,14H2,1H3. The van der Waals surface area contributed by atoms with Crippen LogP contribution in [0, 0.1) is 11.7 Å². The van der Waals surface area contributed by atoms with E-state index in [4.69, 9.17) is 0 Å². The molecular weight excluding hydrogens is 341 g/mol. The fourth-order valence-corrected chi connectivity index (χ4v) is 3.11. The number of hydrogen-bond acceptors (Lipinski definition) is 3. The summed E-state index contributed by atoms with van der Waals surface area (Å²) in [5, 5.41) is 5.94. The molecule has 5 heteroatoms. The van der Waals surface area contributed by atoms with Crippen LogP contribution in [0.5, 0.6) is 0 Å². The number of halogens is 1. The van der Waals surface area contributed by atoms with Crippen molar-refractivity contribution in [1.29, 1.82) is 0 Å². The SMILES string of the molecule is CC1CC(c2ccc(-c3ccc(F)cc3)cc2)=NN(c2ccccn2)C1=O. The van der Waals surface area contributed by atoms with Gasteiger partial charge < -0.3 is 0 Å². The van der Waals surface area contributed by atoms with Gasteiger partial charge in [-0.25, -0.2) is 9.37 Å². The highest BCUT2D eigenvalue weighted by Gasteiger charge is 2.29. The summed E-state index contributed by atoms with van der Waals surface area (Å²) in [5.74, 6) is 0.0475. The van der Waals surface area contributed by atoms with Gasteiger partial charge in [-0.05, 0) is 41.0 Å². The third kappa shape index (κ3) is 3.49. The van der Waals surface area contributed by atoms with Crippen molar-refractivity contribution >= 4 is 17.4 Å². The number of aromatic nitrogens is 1. The fourth-order valence-electron chi connectivity index (χ4n) is 3.11. The van der Waals surface area contributed by atoms with Crippen LogP contribution in [0.25, 0.3) is 11.1 Å². The number of amides is 1. The molecule has 0 saturated heterocycles. The molecule has 0 spiro atoms. The lowest BCUT2D eigenvalue weighted by Crippen LogP contribution is -2.38. The fraction of sp³-hybridized carbons (Fsp3) is 0.136. The molecule has 27 heavy (non-hydrogen) atoms. The van der Waals surface area contributed by atoms with Crippen molar-refractivity contribution in [3.63, 3.8) is 0 Å². The van der Waals surface area contributed by atoms with Crippen LogP contribution in [0.4, 0.5) is 10.2 Å². The molecule has 0 bridgehead atoms. The number of rotatable bonds is 3. The van der Waals surface area contributed by atoms with E-state index in [1.807, 2.05) is 37.3 Å². The first-order valence-electron chi connectivity index (χ1n) is 8.80. The van der Waals surface area contributed by atoms with E-state index in [0.717, 1.165) is 22.4 Å². The zero-order valence-electron chi connectivity index (χ0n) is 14.8. The molecular formula is C22H18FN3O. The van der Waals surface area contributed by atoms with Crippen LogP contribution in [0.2, 0.25) is 0 Å². The first kappa shape index (κ1) is 17.1. The quantitative estimate of drug-likeness (QED) is 0.682. The predicted molar refractivity (Wildman–Crippen MR) is 104 cm³/mol. The molecule has 1 unspecified atom stereocenters. The number of nitrogens with zero attached hydrogens (tertiary/aromatic N) is 3. The number of anilines is 1. The van der Waals surface area contributed by atoms with Gasteiger partial charge in [0.15, 0.2) is 5.82 Å². The van der Waals surface area contributed by atoms with Crippen molar-refractivity contribution in [3.05, 3.63) is 84.3 Å². The Morgan fingerprint density at radius 2 is 1.56 bits per heavy atom. The molecule has 1 atom stereocenters. The number of hydrazone groups is 1. The van der Waals surface area contributed by atoms with E-state index in [0.29, 0.717) is 12.2 Å². The topological polar surface area (TPSA) is 45.6 Å². The van der Waals surface area contributed by atoms with Gasteiger partial charge in [0, 0.05) is 18.5 Å². The Hall–Kier alpha value is -3.34. The molecule has 3 aromatic rings. The van der Waals surface area contributed by atoms with E-state index < -0.39 is 0 Å². The summed E-state index contributed by atoms with van der Waals surface area (Å²) in [6.07, 6.45) is 2.23. The molecule has 0 radical (unpaired) electrons. The second-order valence-electron chi connectivity index (χ2n) is 6.57. The zero-order chi connectivity index (χ0) is 18.8. The van der Waals surface area contributed by atoms with Crippen LogP contribution in [-0.2, 0) is 4.79 Å². The third-order valence-electron chi connectivity index (χ3n) is 4.61. The Labute approximate surface area is 157 Å². The zero-order valence-corrected chi connectivity index (χ0v) is 14.8. The molecule has 0 aliphatic carbocycles. The predicted octanol–water partition coefficient (Wildman–Crippen LogP) is 4.66. The van der Waals surface area contributed by atoms with Crippen LogP contribution in [0.1, 0.15) is 18.9 Å². The van der Waals surface area contributed by atoms with Crippen LogP contribution < -0.4 is 5.01 Å². The lowest BCUT2D eigenvalue weighted by Gasteiger charge is -2.27. The van der Waals surface area contributed by atoms with Gasteiger partial charge in [-0.3, -0.25) is 4.79 Å². The van der Waals surface area contributed by atoms with Crippen molar-refractivity contribution < 1.29 is 9.18 Å². The lowest BCUT2D eigenvalue weighted by molar-refractivity contribution is -0.122. The van der Waals surface area contributed by atoms with Gasteiger partial charge in [0.1, 0.15) is 5.82 Å². The highest BCUT2D eigenvalue weighted by molar-refractivity contribution is 6.09. The van der Waals surface area contributed by atoms with Crippen LogP contribution in [0.3, 0.4) is 0 Å². The smallest absolute Gasteiger partial charge is 0.252 e. The Morgan fingerprint density at radius 1 is 0.926 bits per heavy atom. The van der Waals surface area contributed by atoms with Gasteiger partial charge in [0.25, 0.3) is 5.91 Å². The van der Waals surface area contributed by atoms with Crippen LogP contribution in [-0.4, -0.2) is 16.6 Å². The van der Waals surface area contributed by atoms with Crippen molar-refractivity contribution in [1.82, 2.24) is 4.98 Å². The van der Waals surface area contributed by atoms with Gasteiger partial charge in [-0.2, -0.15) is 10.1 Å². The number of pyridine rings is 1. The normalized spacial score (nSPS) is 17.0. The molecule has 2 heterocycles. The second-order valence-corrected chi connectivity index (χ2v) is 6.57. The number of benzene rings is 2. The number of carbonyl (C=O) groups is 1. The highest BCUT2D eigenvalue weighted by atomic mass is 19.1. The van der Waals surface area contributed by atoms with E-state index in [1.54, 1.807) is 30.5 Å².